The van der Waals surface area contributed by atoms with Crippen LogP contribution in [0.2, 0.25) is 5.02 Å². The number of carbonyl (C=O) groups excluding carboxylic acids is 1. The summed E-state index contributed by atoms with van der Waals surface area (Å²) in [6.07, 6.45) is 0.928. The predicted molar refractivity (Wildman–Crippen MR) is 70.8 cm³/mol. The van der Waals surface area contributed by atoms with E-state index in [4.69, 9.17) is 17.3 Å². The van der Waals surface area contributed by atoms with Crippen LogP contribution in [0.1, 0.15) is 23.7 Å². The highest BCUT2D eigenvalue weighted by atomic mass is 35.5. The van der Waals surface area contributed by atoms with Gasteiger partial charge in [0.15, 0.2) is 0 Å². The summed E-state index contributed by atoms with van der Waals surface area (Å²) in [5.41, 5.74) is 6.25. The van der Waals surface area contributed by atoms with Gasteiger partial charge >= 0.3 is 0 Å². The van der Waals surface area contributed by atoms with Crippen molar-refractivity contribution in [2.24, 2.45) is 11.7 Å². The number of rotatable bonds is 1. The molecule has 0 aromatic heterocycles. The van der Waals surface area contributed by atoms with Crippen LogP contribution in [0.3, 0.4) is 0 Å². The molecule has 1 fully saturated rings. The van der Waals surface area contributed by atoms with Gasteiger partial charge in [-0.3, -0.25) is 4.79 Å². The molecule has 4 nitrogen and oxygen atoms in total. The lowest BCUT2D eigenvalue weighted by atomic mass is 9.96. The van der Waals surface area contributed by atoms with Gasteiger partial charge in [-0.25, -0.2) is 0 Å². The lowest BCUT2D eigenvalue weighted by Gasteiger charge is -2.35. The maximum atomic E-state index is 12.3. The van der Waals surface area contributed by atoms with Gasteiger partial charge in [0.2, 0.25) is 0 Å². The van der Waals surface area contributed by atoms with Crippen LogP contribution >= 0.6 is 11.6 Å². The van der Waals surface area contributed by atoms with Gasteiger partial charge < -0.3 is 15.7 Å². The third kappa shape index (κ3) is 2.76. The average molecular weight is 269 g/mol. The maximum Gasteiger partial charge on any atom is 0.255 e. The van der Waals surface area contributed by atoms with E-state index in [9.17, 15) is 9.90 Å². The van der Waals surface area contributed by atoms with E-state index in [2.05, 4.69) is 6.92 Å². The lowest BCUT2D eigenvalue weighted by Crippen LogP contribution is -2.48. The number of amides is 1. The van der Waals surface area contributed by atoms with Crippen molar-refractivity contribution in [2.75, 3.05) is 13.1 Å². The molecule has 18 heavy (non-hydrogen) atoms. The second kappa shape index (κ2) is 5.16. The Morgan fingerprint density at radius 1 is 1.50 bits per heavy atom. The van der Waals surface area contributed by atoms with E-state index in [0.29, 0.717) is 29.6 Å². The molecule has 0 aliphatic carbocycles. The van der Waals surface area contributed by atoms with Gasteiger partial charge in [0.25, 0.3) is 5.91 Å². The van der Waals surface area contributed by atoms with Crippen LogP contribution in [0.15, 0.2) is 18.2 Å². The molecule has 5 heteroatoms. The van der Waals surface area contributed by atoms with Crippen molar-refractivity contribution in [1.29, 1.82) is 0 Å². The van der Waals surface area contributed by atoms with E-state index in [1.54, 1.807) is 4.90 Å². The zero-order valence-corrected chi connectivity index (χ0v) is 11.0. The molecule has 1 aliphatic heterocycles. The Kier molecular flexibility index (Phi) is 3.78. The maximum absolute atomic E-state index is 12.3. The number of hydrogen-bond donors (Lipinski definition) is 2. The topological polar surface area (TPSA) is 66.6 Å². The minimum atomic E-state index is -0.169. The molecule has 1 aliphatic rings. The van der Waals surface area contributed by atoms with Gasteiger partial charge in [0, 0.05) is 19.1 Å². The molecule has 98 valence electrons. The number of halogens is 1. The molecule has 0 spiro atoms. The second-order valence-corrected chi connectivity index (χ2v) is 5.38. The van der Waals surface area contributed by atoms with Gasteiger partial charge in [0.1, 0.15) is 5.75 Å². The summed E-state index contributed by atoms with van der Waals surface area (Å²) in [4.78, 5) is 14.0. The van der Waals surface area contributed by atoms with Crippen molar-refractivity contribution in [2.45, 2.75) is 19.4 Å². The number of aromatic hydroxyl groups is 1. The van der Waals surface area contributed by atoms with Crippen molar-refractivity contribution >= 4 is 17.5 Å². The van der Waals surface area contributed by atoms with Crippen molar-refractivity contribution in [3.63, 3.8) is 0 Å². The Hall–Kier alpha value is -1.26. The number of hydrogen-bond acceptors (Lipinski definition) is 3. The van der Waals surface area contributed by atoms with Crippen molar-refractivity contribution in [3.05, 3.63) is 28.8 Å². The highest BCUT2D eigenvalue weighted by Crippen LogP contribution is 2.24. The van der Waals surface area contributed by atoms with E-state index >= 15 is 0 Å². The number of nitrogens with zero attached hydrogens (tertiary/aromatic N) is 1. The van der Waals surface area contributed by atoms with E-state index in [1.165, 1.54) is 18.2 Å². The molecule has 1 heterocycles. The molecule has 0 bridgehead atoms. The van der Waals surface area contributed by atoms with E-state index in [-0.39, 0.29) is 17.7 Å². The van der Waals surface area contributed by atoms with Crippen LogP contribution in [0.4, 0.5) is 0 Å². The largest absolute Gasteiger partial charge is 0.508 e. The number of nitrogens with two attached hydrogens (primary N) is 1. The van der Waals surface area contributed by atoms with Crippen LogP contribution in [0.25, 0.3) is 0 Å². The Morgan fingerprint density at radius 3 is 2.89 bits per heavy atom. The van der Waals surface area contributed by atoms with Crippen LogP contribution in [-0.2, 0) is 0 Å². The number of piperidine rings is 1. The summed E-state index contributed by atoms with van der Waals surface area (Å²) < 4.78 is 0. The predicted octanol–water partition coefficient (Wildman–Crippen LogP) is 1.85. The third-order valence-electron chi connectivity index (χ3n) is 3.16. The molecule has 0 saturated carbocycles. The molecule has 2 atom stereocenters. The summed E-state index contributed by atoms with van der Waals surface area (Å²) in [5.74, 6) is 0.254. The number of carbonyl (C=O) groups is 1. The van der Waals surface area contributed by atoms with Crippen molar-refractivity contribution in [3.8, 4) is 5.75 Å². The lowest BCUT2D eigenvalue weighted by molar-refractivity contribution is 0.0661. The van der Waals surface area contributed by atoms with Gasteiger partial charge in [-0.05, 0) is 30.5 Å². The van der Waals surface area contributed by atoms with Gasteiger partial charge in [-0.15, -0.1) is 0 Å². The quantitative estimate of drug-likeness (QED) is 0.817. The Morgan fingerprint density at radius 2 is 2.22 bits per heavy atom. The summed E-state index contributed by atoms with van der Waals surface area (Å²) in [7, 11) is 0. The molecule has 2 unspecified atom stereocenters. The van der Waals surface area contributed by atoms with Gasteiger partial charge in [-0.2, -0.15) is 0 Å². The monoisotopic (exact) mass is 268 g/mol. The summed E-state index contributed by atoms with van der Waals surface area (Å²) >= 11 is 5.99. The molecule has 1 aromatic rings. The number of phenols is 1. The van der Waals surface area contributed by atoms with Crippen LogP contribution in [-0.4, -0.2) is 35.0 Å². The van der Waals surface area contributed by atoms with Crippen molar-refractivity contribution < 1.29 is 9.90 Å². The number of likely N-dealkylation sites (tertiary alicyclic amines) is 1. The molecule has 2 rings (SSSR count). The Labute approximate surface area is 111 Å². The van der Waals surface area contributed by atoms with Gasteiger partial charge in [0.05, 0.1) is 10.6 Å². The first-order chi connectivity index (χ1) is 8.47. The fourth-order valence-corrected chi connectivity index (χ4v) is 2.61. The van der Waals surface area contributed by atoms with Crippen LogP contribution < -0.4 is 5.73 Å². The first-order valence-corrected chi connectivity index (χ1v) is 6.38. The molecule has 1 saturated heterocycles. The molecular weight excluding hydrogens is 252 g/mol. The zero-order valence-electron chi connectivity index (χ0n) is 10.3. The molecule has 1 aromatic carbocycles. The molecule has 1 amide bonds. The highest BCUT2D eigenvalue weighted by molar-refractivity contribution is 6.33. The first-order valence-electron chi connectivity index (χ1n) is 6.00. The summed E-state index contributed by atoms with van der Waals surface area (Å²) in [6, 6.07) is 4.39. The zero-order chi connectivity index (χ0) is 13.3. The van der Waals surface area contributed by atoms with E-state index in [0.717, 1.165) is 6.42 Å². The normalized spacial score (nSPS) is 24.1. The second-order valence-electron chi connectivity index (χ2n) is 4.98. The fourth-order valence-electron chi connectivity index (χ4n) is 2.41. The highest BCUT2D eigenvalue weighted by Gasteiger charge is 2.27. The average Bonchev–Trinajstić information content (AvgIpc) is 2.30. The van der Waals surface area contributed by atoms with Gasteiger partial charge in [-0.1, -0.05) is 18.5 Å². The standard InChI is InChI=1S/C13H17ClN2O2/c1-8-4-9(15)7-16(6-8)13(18)11-5-10(17)2-3-12(11)14/h2-3,5,8-9,17H,4,6-7,15H2,1H3. The minimum absolute atomic E-state index is 0.00813. The summed E-state index contributed by atoms with van der Waals surface area (Å²) in [6.45, 7) is 3.29. The van der Waals surface area contributed by atoms with Crippen molar-refractivity contribution in [1.82, 2.24) is 4.90 Å². The Bertz CT molecular complexity index is 454. The Balaban J connectivity index is 2.22. The van der Waals surface area contributed by atoms with E-state index in [1.807, 2.05) is 0 Å². The van der Waals surface area contributed by atoms with Crippen LogP contribution in [0, 0.1) is 5.92 Å². The first kappa shape index (κ1) is 13.2. The summed E-state index contributed by atoms with van der Waals surface area (Å²) in [5, 5.41) is 9.79. The molecule has 3 N–H and O–H groups in total. The fraction of sp³-hybridized carbons (Fsp3) is 0.462. The smallest absolute Gasteiger partial charge is 0.255 e. The molecular formula is C13H17ClN2O2. The van der Waals surface area contributed by atoms with E-state index < -0.39 is 0 Å². The van der Waals surface area contributed by atoms with Crippen LogP contribution in [0.5, 0.6) is 5.75 Å². The third-order valence-corrected chi connectivity index (χ3v) is 3.49. The molecule has 0 radical (unpaired) electrons. The number of benzene rings is 1. The number of phenolic OH excluding ortho intramolecular Hbond substituents is 1. The SMILES string of the molecule is CC1CC(N)CN(C(=O)c2cc(O)ccc2Cl)C1. The minimum Gasteiger partial charge on any atom is -0.508 e.